The maximum Gasteiger partial charge on any atom is 0.00472 e. The van der Waals surface area contributed by atoms with E-state index in [1.165, 1.54) is 70.0 Å². The average molecular weight is 242 g/mol. The van der Waals surface area contributed by atoms with Crippen molar-refractivity contribution in [1.82, 2.24) is 0 Å². The molecule has 0 N–H and O–H groups in total. The lowest BCUT2D eigenvalue weighted by Crippen LogP contribution is -2.14. The largest absolute Gasteiger partial charge is 0.159 e. The molecule has 0 aromatic rings. The van der Waals surface area contributed by atoms with E-state index in [1.807, 2.05) is 0 Å². The van der Waals surface area contributed by atoms with Crippen molar-refractivity contribution in [3.63, 3.8) is 0 Å². The van der Waals surface area contributed by atoms with Crippen LogP contribution in [-0.2, 0) is 0 Å². The molecule has 96 valence electrons. The highest BCUT2D eigenvalue weighted by atomic mass is 32.2. The van der Waals surface area contributed by atoms with Crippen molar-refractivity contribution < 1.29 is 0 Å². The van der Waals surface area contributed by atoms with Crippen LogP contribution < -0.4 is 0 Å². The Labute approximate surface area is 107 Å². The van der Waals surface area contributed by atoms with Gasteiger partial charge in [0, 0.05) is 5.25 Å². The number of hydrogen-bond acceptors (Lipinski definition) is 1. The summed E-state index contributed by atoms with van der Waals surface area (Å²) in [4.78, 5) is 0. The Morgan fingerprint density at radius 2 is 1.50 bits per heavy atom. The fourth-order valence-electron chi connectivity index (χ4n) is 2.53. The summed E-state index contributed by atoms with van der Waals surface area (Å²) in [6.07, 6.45) is 14.6. The second-order valence-electron chi connectivity index (χ2n) is 5.52. The zero-order chi connectivity index (χ0) is 11.6. The highest BCUT2D eigenvalue weighted by Gasteiger charge is 2.17. The molecule has 1 aliphatic carbocycles. The fraction of sp³-hybridized carbons (Fsp3) is 1.00. The van der Waals surface area contributed by atoms with Gasteiger partial charge in [-0.05, 0) is 43.8 Å². The third kappa shape index (κ3) is 6.83. The van der Waals surface area contributed by atoms with Crippen LogP contribution in [0.1, 0.15) is 78.1 Å². The van der Waals surface area contributed by atoms with Gasteiger partial charge in [-0.25, -0.2) is 0 Å². The van der Waals surface area contributed by atoms with Gasteiger partial charge in [-0.15, -0.1) is 0 Å². The van der Waals surface area contributed by atoms with Crippen LogP contribution in [0, 0.1) is 5.92 Å². The van der Waals surface area contributed by atoms with Gasteiger partial charge in [0.05, 0.1) is 0 Å². The number of unbranched alkanes of at least 4 members (excludes halogenated alkanes) is 5. The lowest BCUT2D eigenvalue weighted by Gasteiger charge is -2.25. The standard InChI is InChI=1S/C15H30S/c1-3-4-5-6-7-8-13-16-15-11-9-14(2)10-12-15/h14-15H,3-13H2,1-2H3. The lowest BCUT2D eigenvalue weighted by molar-refractivity contribution is 0.393. The summed E-state index contributed by atoms with van der Waals surface area (Å²) >= 11 is 2.26. The first kappa shape index (κ1) is 14.4. The second-order valence-corrected chi connectivity index (χ2v) is 6.93. The third-order valence-electron chi connectivity index (χ3n) is 3.81. The van der Waals surface area contributed by atoms with Crippen molar-refractivity contribution in [1.29, 1.82) is 0 Å². The molecule has 0 aliphatic heterocycles. The smallest absolute Gasteiger partial charge is 0.00472 e. The van der Waals surface area contributed by atoms with Crippen molar-refractivity contribution in [2.45, 2.75) is 83.3 Å². The Balaban J connectivity index is 1.84. The molecule has 0 atom stereocenters. The maximum absolute atomic E-state index is 2.41. The molecule has 0 radical (unpaired) electrons. The summed E-state index contributed by atoms with van der Waals surface area (Å²) in [6.45, 7) is 4.70. The van der Waals surface area contributed by atoms with Crippen LogP contribution in [0.4, 0.5) is 0 Å². The summed E-state index contributed by atoms with van der Waals surface area (Å²) < 4.78 is 0. The van der Waals surface area contributed by atoms with E-state index in [0.29, 0.717) is 0 Å². The minimum absolute atomic E-state index is 1.01. The maximum atomic E-state index is 2.41. The molecule has 1 rings (SSSR count). The van der Waals surface area contributed by atoms with Crippen LogP contribution in [0.3, 0.4) is 0 Å². The first-order chi connectivity index (χ1) is 7.83. The van der Waals surface area contributed by atoms with E-state index in [2.05, 4.69) is 25.6 Å². The molecule has 0 heterocycles. The van der Waals surface area contributed by atoms with Crippen LogP contribution in [0.5, 0.6) is 0 Å². The topological polar surface area (TPSA) is 0 Å². The van der Waals surface area contributed by atoms with Crippen LogP contribution in [0.15, 0.2) is 0 Å². The van der Waals surface area contributed by atoms with Gasteiger partial charge in [0.25, 0.3) is 0 Å². The van der Waals surface area contributed by atoms with E-state index in [0.717, 1.165) is 11.2 Å². The number of rotatable bonds is 8. The van der Waals surface area contributed by atoms with E-state index in [4.69, 9.17) is 0 Å². The predicted octanol–water partition coefficient (Wildman–Crippen LogP) is 5.66. The van der Waals surface area contributed by atoms with E-state index in [1.54, 1.807) is 0 Å². The van der Waals surface area contributed by atoms with Gasteiger partial charge in [0.15, 0.2) is 0 Å². The van der Waals surface area contributed by atoms with Crippen molar-refractivity contribution in [2.75, 3.05) is 5.75 Å². The zero-order valence-corrected chi connectivity index (χ0v) is 12.2. The van der Waals surface area contributed by atoms with Crippen LogP contribution in [0.25, 0.3) is 0 Å². The molecule has 0 saturated heterocycles. The minimum Gasteiger partial charge on any atom is -0.159 e. The second kappa shape index (κ2) is 9.39. The average Bonchev–Trinajstić information content (AvgIpc) is 2.30. The lowest BCUT2D eigenvalue weighted by atomic mass is 9.91. The molecule has 0 amide bonds. The monoisotopic (exact) mass is 242 g/mol. The molecule has 16 heavy (non-hydrogen) atoms. The van der Waals surface area contributed by atoms with E-state index >= 15 is 0 Å². The van der Waals surface area contributed by atoms with Crippen LogP contribution in [0.2, 0.25) is 0 Å². The van der Waals surface area contributed by atoms with Gasteiger partial charge in [0.2, 0.25) is 0 Å². The molecule has 0 unspecified atom stereocenters. The third-order valence-corrected chi connectivity index (χ3v) is 5.28. The summed E-state index contributed by atoms with van der Waals surface area (Å²) in [5.74, 6) is 2.43. The van der Waals surface area contributed by atoms with Crippen molar-refractivity contribution >= 4 is 11.8 Å². The SMILES string of the molecule is CCCCCCCCSC1CCC(C)CC1. The Morgan fingerprint density at radius 1 is 0.875 bits per heavy atom. The first-order valence-corrected chi connectivity index (χ1v) is 8.49. The molecular weight excluding hydrogens is 212 g/mol. The van der Waals surface area contributed by atoms with Gasteiger partial charge in [-0.1, -0.05) is 46.0 Å². The summed E-state index contributed by atoms with van der Waals surface area (Å²) in [5, 5.41) is 1.01. The molecule has 1 saturated carbocycles. The van der Waals surface area contributed by atoms with Crippen LogP contribution in [-0.4, -0.2) is 11.0 Å². The van der Waals surface area contributed by atoms with Crippen LogP contribution >= 0.6 is 11.8 Å². The highest BCUT2D eigenvalue weighted by molar-refractivity contribution is 7.99. The Kier molecular flexibility index (Phi) is 8.46. The molecule has 0 nitrogen and oxygen atoms in total. The summed E-state index contributed by atoms with van der Waals surface area (Å²) in [5.41, 5.74) is 0. The van der Waals surface area contributed by atoms with Gasteiger partial charge >= 0.3 is 0 Å². The highest BCUT2D eigenvalue weighted by Crippen LogP contribution is 2.31. The normalized spacial score (nSPS) is 25.9. The zero-order valence-electron chi connectivity index (χ0n) is 11.3. The molecule has 0 aromatic heterocycles. The van der Waals surface area contributed by atoms with Crippen molar-refractivity contribution in [2.24, 2.45) is 5.92 Å². The van der Waals surface area contributed by atoms with E-state index < -0.39 is 0 Å². The van der Waals surface area contributed by atoms with Gasteiger partial charge in [-0.2, -0.15) is 11.8 Å². The minimum atomic E-state index is 1.01. The fourth-order valence-corrected chi connectivity index (χ4v) is 3.84. The number of hydrogen-bond donors (Lipinski definition) is 0. The molecule has 1 aliphatic rings. The molecular formula is C15H30S. The Hall–Kier alpha value is 0.350. The van der Waals surface area contributed by atoms with Gasteiger partial charge < -0.3 is 0 Å². The van der Waals surface area contributed by atoms with Gasteiger partial charge in [-0.3, -0.25) is 0 Å². The summed E-state index contributed by atoms with van der Waals surface area (Å²) in [6, 6.07) is 0. The molecule has 1 heteroatoms. The quantitative estimate of drug-likeness (QED) is 0.495. The molecule has 0 aromatic carbocycles. The van der Waals surface area contributed by atoms with E-state index in [-0.39, 0.29) is 0 Å². The first-order valence-electron chi connectivity index (χ1n) is 7.44. The Bertz CT molecular complexity index is 148. The van der Waals surface area contributed by atoms with Gasteiger partial charge in [0.1, 0.15) is 0 Å². The summed E-state index contributed by atoms with van der Waals surface area (Å²) in [7, 11) is 0. The molecule has 1 fully saturated rings. The van der Waals surface area contributed by atoms with Crippen molar-refractivity contribution in [3.05, 3.63) is 0 Å². The number of thioether (sulfide) groups is 1. The molecule has 0 bridgehead atoms. The Morgan fingerprint density at radius 3 is 2.19 bits per heavy atom. The molecule has 0 spiro atoms. The van der Waals surface area contributed by atoms with Crippen molar-refractivity contribution in [3.8, 4) is 0 Å². The van der Waals surface area contributed by atoms with E-state index in [9.17, 15) is 0 Å². The predicted molar refractivity (Wildman–Crippen MR) is 77.3 cm³/mol.